The Morgan fingerprint density at radius 3 is 2.24 bits per heavy atom. The molecule has 4 unspecified atom stereocenters. The Balaban J connectivity index is 0.000000461. The average molecular weight is 402 g/mol. The molecule has 4 atom stereocenters. The second kappa shape index (κ2) is 9.97. The van der Waals surface area contributed by atoms with Crippen molar-refractivity contribution in [3.8, 4) is 0 Å². The molecule has 1 aromatic carbocycles. The van der Waals surface area contributed by atoms with Crippen LogP contribution in [0.15, 0.2) is 24.3 Å². The lowest BCUT2D eigenvalue weighted by Gasteiger charge is -2.51. The summed E-state index contributed by atoms with van der Waals surface area (Å²) in [5, 5.41) is 3.36. The number of para-hydroxylation sites is 1. The van der Waals surface area contributed by atoms with Gasteiger partial charge in [-0.05, 0) is 57.8 Å². The Hall–Kier alpha value is -1.55. The van der Waals surface area contributed by atoms with Crippen molar-refractivity contribution in [1.29, 1.82) is 0 Å². The van der Waals surface area contributed by atoms with E-state index in [-0.39, 0.29) is 17.5 Å². The molecule has 0 bridgehead atoms. The predicted octanol–water partition coefficient (Wildman–Crippen LogP) is 5.39. The highest BCUT2D eigenvalue weighted by molar-refractivity contribution is 5.83. The second-order valence-corrected chi connectivity index (χ2v) is 8.14. The van der Waals surface area contributed by atoms with Crippen LogP contribution in [0.3, 0.4) is 0 Å². The number of nitrogens with one attached hydrogen (secondary N) is 1. The van der Waals surface area contributed by atoms with E-state index in [4.69, 9.17) is 0 Å². The molecule has 0 spiro atoms. The topological polar surface area (TPSA) is 35.6 Å². The molecule has 4 heterocycles. The summed E-state index contributed by atoms with van der Waals surface area (Å²) in [6.45, 7) is 18.6. The standard InChI is InChI=1S/C19H25N3O.3C2H6/c1-19(2)20-18(23)14-7-5-10-21-11-9-13-12-6-3-4-8-15(12)22(19)17(13)16(14)21;3*1-2/h3-4,6,8,13-14,16-17H,5,7,9-11H2,1-2H3,(H,20,23);3*1-2H3. The smallest absolute Gasteiger partial charge is 0.226 e. The Bertz CT molecular complexity index is 672. The van der Waals surface area contributed by atoms with Crippen LogP contribution in [0.2, 0.25) is 0 Å². The molecule has 1 N–H and O–H groups in total. The molecule has 4 aliphatic heterocycles. The molecular formula is C25H43N3O. The van der Waals surface area contributed by atoms with Crippen molar-refractivity contribution in [2.75, 3.05) is 18.0 Å². The van der Waals surface area contributed by atoms with Gasteiger partial charge in [-0.2, -0.15) is 0 Å². The number of rotatable bonds is 0. The predicted molar refractivity (Wildman–Crippen MR) is 124 cm³/mol. The summed E-state index contributed by atoms with van der Waals surface area (Å²) >= 11 is 0. The minimum atomic E-state index is -0.326. The first-order chi connectivity index (χ1) is 14.1. The molecule has 4 heteroatoms. The van der Waals surface area contributed by atoms with E-state index in [1.807, 2.05) is 41.5 Å². The number of nitrogens with zero attached hydrogens (tertiary/aromatic N) is 2. The molecule has 4 aliphatic rings. The summed E-state index contributed by atoms with van der Waals surface area (Å²) in [7, 11) is 0. The lowest BCUT2D eigenvalue weighted by atomic mass is 9.75. The van der Waals surface area contributed by atoms with E-state index >= 15 is 0 Å². The number of amides is 1. The monoisotopic (exact) mass is 401 g/mol. The number of benzene rings is 1. The third kappa shape index (κ3) is 3.93. The highest BCUT2D eigenvalue weighted by atomic mass is 16.2. The maximum atomic E-state index is 12.9. The van der Waals surface area contributed by atoms with Crippen LogP contribution >= 0.6 is 0 Å². The van der Waals surface area contributed by atoms with E-state index in [0.29, 0.717) is 18.0 Å². The Morgan fingerprint density at radius 2 is 1.55 bits per heavy atom. The average Bonchev–Trinajstić information content (AvgIpc) is 3.08. The summed E-state index contributed by atoms with van der Waals surface area (Å²) in [6, 6.07) is 9.66. The number of piperidine rings is 2. The van der Waals surface area contributed by atoms with Crippen LogP contribution in [0.25, 0.3) is 0 Å². The summed E-state index contributed by atoms with van der Waals surface area (Å²) in [5.41, 5.74) is 2.50. The Kier molecular flexibility index (Phi) is 8.16. The molecule has 0 aromatic heterocycles. The van der Waals surface area contributed by atoms with Gasteiger partial charge in [0.2, 0.25) is 5.91 Å². The largest absolute Gasteiger partial charge is 0.344 e. The van der Waals surface area contributed by atoms with Gasteiger partial charge in [0, 0.05) is 17.6 Å². The highest BCUT2D eigenvalue weighted by Crippen LogP contribution is 2.52. The van der Waals surface area contributed by atoms with Crippen LogP contribution in [-0.2, 0) is 4.79 Å². The fourth-order valence-electron chi connectivity index (χ4n) is 5.78. The third-order valence-electron chi connectivity index (χ3n) is 6.55. The Labute approximate surface area is 179 Å². The molecule has 1 aromatic rings. The van der Waals surface area contributed by atoms with Crippen LogP contribution in [0.1, 0.15) is 86.1 Å². The number of hydrogen-bond donors (Lipinski definition) is 1. The van der Waals surface area contributed by atoms with Gasteiger partial charge in [0.25, 0.3) is 0 Å². The van der Waals surface area contributed by atoms with Crippen molar-refractivity contribution >= 4 is 11.6 Å². The molecule has 0 aliphatic carbocycles. The number of carbonyl (C=O) groups is 1. The number of carbonyl (C=O) groups excluding carboxylic acids is 1. The van der Waals surface area contributed by atoms with E-state index in [1.165, 1.54) is 17.7 Å². The molecule has 29 heavy (non-hydrogen) atoms. The van der Waals surface area contributed by atoms with Gasteiger partial charge in [-0.25, -0.2) is 0 Å². The second-order valence-electron chi connectivity index (χ2n) is 8.14. The molecule has 4 nitrogen and oxygen atoms in total. The zero-order valence-electron chi connectivity index (χ0n) is 20.0. The molecule has 3 saturated heterocycles. The number of hydrogen-bond acceptors (Lipinski definition) is 3. The molecule has 5 rings (SSSR count). The fourth-order valence-corrected chi connectivity index (χ4v) is 5.78. The SMILES string of the molecule is CC.CC.CC.CC1(C)NC(=O)C2CCCN3CCC4c5ccccc5N1C4C23. The zero-order chi connectivity index (χ0) is 21.8. The molecule has 164 valence electrons. The van der Waals surface area contributed by atoms with E-state index in [2.05, 4.69) is 53.2 Å². The van der Waals surface area contributed by atoms with Crippen molar-refractivity contribution in [3.63, 3.8) is 0 Å². The minimum Gasteiger partial charge on any atom is -0.344 e. The summed E-state index contributed by atoms with van der Waals surface area (Å²) in [5.74, 6) is 0.979. The molecular weight excluding hydrogens is 358 g/mol. The number of anilines is 1. The Morgan fingerprint density at radius 1 is 0.897 bits per heavy atom. The molecule has 1 amide bonds. The van der Waals surface area contributed by atoms with E-state index in [1.54, 1.807) is 0 Å². The first-order valence-corrected chi connectivity index (χ1v) is 12.0. The van der Waals surface area contributed by atoms with Crippen LogP contribution in [-0.4, -0.2) is 41.6 Å². The lowest BCUT2D eigenvalue weighted by Crippen LogP contribution is -2.63. The van der Waals surface area contributed by atoms with Crippen molar-refractivity contribution in [3.05, 3.63) is 29.8 Å². The molecule has 3 fully saturated rings. The maximum Gasteiger partial charge on any atom is 0.226 e. The first-order valence-electron chi connectivity index (χ1n) is 12.0. The van der Waals surface area contributed by atoms with Crippen LogP contribution < -0.4 is 10.2 Å². The van der Waals surface area contributed by atoms with E-state index in [9.17, 15) is 4.79 Å². The van der Waals surface area contributed by atoms with Crippen molar-refractivity contribution in [2.45, 2.75) is 98.3 Å². The first kappa shape index (κ1) is 23.7. The van der Waals surface area contributed by atoms with Gasteiger partial charge < -0.3 is 10.2 Å². The highest BCUT2D eigenvalue weighted by Gasteiger charge is 2.57. The molecule has 0 radical (unpaired) electrons. The minimum absolute atomic E-state index is 0.148. The lowest BCUT2D eigenvalue weighted by molar-refractivity contribution is -0.129. The summed E-state index contributed by atoms with van der Waals surface area (Å²) in [6.07, 6.45) is 3.40. The van der Waals surface area contributed by atoms with Crippen LogP contribution in [0.4, 0.5) is 5.69 Å². The van der Waals surface area contributed by atoms with Gasteiger partial charge in [0.15, 0.2) is 0 Å². The van der Waals surface area contributed by atoms with Crippen molar-refractivity contribution in [2.24, 2.45) is 5.92 Å². The summed E-state index contributed by atoms with van der Waals surface area (Å²) in [4.78, 5) is 18.1. The van der Waals surface area contributed by atoms with Crippen molar-refractivity contribution < 1.29 is 4.79 Å². The van der Waals surface area contributed by atoms with E-state index < -0.39 is 0 Å². The zero-order valence-corrected chi connectivity index (χ0v) is 20.0. The van der Waals surface area contributed by atoms with Crippen LogP contribution in [0.5, 0.6) is 0 Å². The normalized spacial score (nSPS) is 30.5. The number of fused-ring (bicyclic) bond motifs is 3. The third-order valence-corrected chi connectivity index (χ3v) is 6.55. The summed E-state index contributed by atoms with van der Waals surface area (Å²) < 4.78 is 0. The van der Waals surface area contributed by atoms with E-state index in [0.717, 1.165) is 25.9 Å². The van der Waals surface area contributed by atoms with Gasteiger partial charge in [-0.1, -0.05) is 59.7 Å². The van der Waals surface area contributed by atoms with Gasteiger partial charge in [0.05, 0.1) is 12.0 Å². The fraction of sp³-hybridized carbons (Fsp3) is 0.720. The van der Waals surface area contributed by atoms with Crippen molar-refractivity contribution in [1.82, 2.24) is 10.2 Å². The van der Waals surface area contributed by atoms with Crippen LogP contribution in [0, 0.1) is 5.92 Å². The van der Waals surface area contributed by atoms with Gasteiger partial charge in [-0.3, -0.25) is 9.69 Å². The van der Waals surface area contributed by atoms with Gasteiger partial charge in [-0.15, -0.1) is 0 Å². The maximum absolute atomic E-state index is 12.9. The van der Waals surface area contributed by atoms with Gasteiger partial charge >= 0.3 is 0 Å². The molecule has 0 saturated carbocycles. The van der Waals surface area contributed by atoms with Gasteiger partial charge in [0.1, 0.15) is 5.66 Å². The quantitative estimate of drug-likeness (QED) is 0.633.